The van der Waals surface area contributed by atoms with Gasteiger partial charge in [0.25, 0.3) is 5.78 Å². The van der Waals surface area contributed by atoms with Crippen LogP contribution in [0.25, 0.3) is 5.78 Å². The normalized spacial score (nSPS) is 11.8. The van der Waals surface area contributed by atoms with Crippen LogP contribution >= 0.6 is 0 Å². The Morgan fingerprint density at radius 2 is 2.05 bits per heavy atom. The van der Waals surface area contributed by atoms with E-state index in [-0.39, 0.29) is 5.97 Å². The maximum Gasteiger partial charge on any atom is 0.319 e. The average Bonchev–Trinajstić information content (AvgIpc) is 2.73. The Labute approximate surface area is 111 Å². The Balaban J connectivity index is 2.60. The maximum atomic E-state index is 12.1. The van der Waals surface area contributed by atoms with Crippen molar-refractivity contribution in [3.05, 3.63) is 23.3 Å². The highest BCUT2D eigenvalue weighted by Crippen LogP contribution is 2.24. The zero-order valence-electron chi connectivity index (χ0n) is 11.9. The SMILES string of the molecule is CCOC(=O)C(C)(C)c1nnc2nc(C)cc(C)n12. The molecule has 102 valence electrons. The molecule has 0 fully saturated rings. The fourth-order valence-corrected chi connectivity index (χ4v) is 2.04. The smallest absolute Gasteiger partial charge is 0.319 e. The van der Waals surface area contributed by atoms with E-state index >= 15 is 0 Å². The fourth-order valence-electron chi connectivity index (χ4n) is 2.04. The summed E-state index contributed by atoms with van der Waals surface area (Å²) in [5, 5.41) is 8.17. The molecule has 0 aliphatic heterocycles. The molecule has 0 spiro atoms. The second-order valence-electron chi connectivity index (χ2n) is 5.04. The predicted molar refractivity (Wildman–Crippen MR) is 69.9 cm³/mol. The van der Waals surface area contributed by atoms with Gasteiger partial charge in [-0.1, -0.05) is 0 Å². The van der Waals surface area contributed by atoms with Crippen LogP contribution in [0.5, 0.6) is 0 Å². The summed E-state index contributed by atoms with van der Waals surface area (Å²) in [5.74, 6) is 0.736. The molecule has 0 amide bonds. The summed E-state index contributed by atoms with van der Waals surface area (Å²) in [4.78, 5) is 16.4. The number of aromatic nitrogens is 4. The third kappa shape index (κ3) is 2.18. The molecular formula is C13H18N4O2. The van der Waals surface area contributed by atoms with E-state index in [4.69, 9.17) is 4.74 Å². The largest absolute Gasteiger partial charge is 0.465 e. The zero-order chi connectivity index (χ0) is 14.2. The Morgan fingerprint density at radius 3 is 2.68 bits per heavy atom. The Kier molecular flexibility index (Phi) is 3.26. The van der Waals surface area contributed by atoms with Crippen molar-refractivity contribution in [2.45, 2.75) is 40.0 Å². The first-order valence-electron chi connectivity index (χ1n) is 6.25. The van der Waals surface area contributed by atoms with Gasteiger partial charge in [-0.25, -0.2) is 4.98 Å². The number of hydrogen-bond acceptors (Lipinski definition) is 5. The van der Waals surface area contributed by atoms with Gasteiger partial charge < -0.3 is 4.74 Å². The number of carbonyl (C=O) groups excluding carboxylic acids is 1. The van der Waals surface area contributed by atoms with E-state index in [1.54, 1.807) is 25.2 Å². The van der Waals surface area contributed by atoms with Crippen molar-refractivity contribution in [1.82, 2.24) is 19.6 Å². The number of nitrogens with zero attached hydrogens (tertiary/aromatic N) is 4. The molecule has 0 aromatic carbocycles. The summed E-state index contributed by atoms with van der Waals surface area (Å²) < 4.78 is 6.90. The zero-order valence-corrected chi connectivity index (χ0v) is 11.9. The van der Waals surface area contributed by atoms with Gasteiger partial charge in [0.1, 0.15) is 5.41 Å². The molecule has 0 N–H and O–H groups in total. The van der Waals surface area contributed by atoms with Crippen LogP contribution in [0, 0.1) is 13.8 Å². The van der Waals surface area contributed by atoms with Gasteiger partial charge >= 0.3 is 5.97 Å². The van der Waals surface area contributed by atoms with E-state index in [1.807, 2.05) is 19.9 Å². The standard InChI is InChI=1S/C13H18N4O2/c1-6-19-11(18)13(4,5)10-15-16-12-14-8(2)7-9(3)17(10)12/h7H,6H2,1-5H3. The van der Waals surface area contributed by atoms with Crippen molar-refractivity contribution in [3.63, 3.8) is 0 Å². The molecule has 19 heavy (non-hydrogen) atoms. The molecule has 0 radical (unpaired) electrons. The molecule has 0 saturated heterocycles. The maximum absolute atomic E-state index is 12.1. The van der Waals surface area contributed by atoms with Crippen LogP contribution in [0.4, 0.5) is 0 Å². The first kappa shape index (κ1) is 13.5. The minimum absolute atomic E-state index is 0.315. The van der Waals surface area contributed by atoms with Crippen LogP contribution in [0.3, 0.4) is 0 Å². The monoisotopic (exact) mass is 262 g/mol. The van der Waals surface area contributed by atoms with Gasteiger partial charge in [-0.3, -0.25) is 9.20 Å². The minimum Gasteiger partial charge on any atom is -0.465 e. The number of esters is 1. The van der Waals surface area contributed by atoms with E-state index in [2.05, 4.69) is 15.2 Å². The summed E-state index contributed by atoms with van der Waals surface area (Å²) in [6.07, 6.45) is 0. The first-order valence-corrected chi connectivity index (χ1v) is 6.25. The number of fused-ring (bicyclic) bond motifs is 1. The third-order valence-electron chi connectivity index (χ3n) is 3.04. The van der Waals surface area contributed by atoms with Crippen molar-refractivity contribution < 1.29 is 9.53 Å². The van der Waals surface area contributed by atoms with Crippen LogP contribution in [-0.2, 0) is 14.9 Å². The molecule has 6 nitrogen and oxygen atoms in total. The number of hydrogen-bond donors (Lipinski definition) is 0. The highest BCUT2D eigenvalue weighted by atomic mass is 16.5. The van der Waals surface area contributed by atoms with Gasteiger partial charge in [0.05, 0.1) is 6.61 Å². The average molecular weight is 262 g/mol. The third-order valence-corrected chi connectivity index (χ3v) is 3.04. The number of carbonyl (C=O) groups is 1. The van der Waals surface area contributed by atoms with Crippen LogP contribution in [0.2, 0.25) is 0 Å². The van der Waals surface area contributed by atoms with Crippen molar-refractivity contribution >= 4 is 11.7 Å². The highest BCUT2D eigenvalue weighted by molar-refractivity contribution is 5.81. The lowest BCUT2D eigenvalue weighted by Gasteiger charge is -2.20. The fraction of sp³-hybridized carbons (Fsp3) is 0.538. The molecular weight excluding hydrogens is 244 g/mol. The van der Waals surface area contributed by atoms with E-state index < -0.39 is 5.41 Å². The Bertz CT molecular complexity index is 631. The summed E-state index contributed by atoms with van der Waals surface area (Å²) in [7, 11) is 0. The summed E-state index contributed by atoms with van der Waals surface area (Å²) in [5.41, 5.74) is 0.953. The van der Waals surface area contributed by atoms with Crippen molar-refractivity contribution in [3.8, 4) is 0 Å². The number of rotatable bonds is 3. The predicted octanol–water partition coefficient (Wildman–Crippen LogP) is 1.58. The molecule has 0 aliphatic carbocycles. The van der Waals surface area contributed by atoms with Gasteiger partial charge in [-0.05, 0) is 40.7 Å². The van der Waals surface area contributed by atoms with E-state index in [9.17, 15) is 4.79 Å². The molecule has 0 aliphatic rings. The van der Waals surface area contributed by atoms with Crippen LogP contribution in [0.15, 0.2) is 6.07 Å². The molecule has 2 rings (SSSR count). The molecule has 6 heteroatoms. The lowest BCUT2D eigenvalue weighted by atomic mass is 9.92. The first-order chi connectivity index (χ1) is 8.87. The molecule has 2 aromatic heterocycles. The topological polar surface area (TPSA) is 69.4 Å². The van der Waals surface area contributed by atoms with Crippen LogP contribution in [0.1, 0.15) is 38.0 Å². The quantitative estimate of drug-likeness (QED) is 0.785. The highest BCUT2D eigenvalue weighted by Gasteiger charge is 2.36. The lowest BCUT2D eigenvalue weighted by molar-refractivity contribution is -0.149. The summed E-state index contributed by atoms with van der Waals surface area (Å²) in [6.45, 7) is 9.52. The summed E-state index contributed by atoms with van der Waals surface area (Å²) >= 11 is 0. The second-order valence-corrected chi connectivity index (χ2v) is 5.04. The van der Waals surface area contributed by atoms with Crippen molar-refractivity contribution in [1.29, 1.82) is 0 Å². The van der Waals surface area contributed by atoms with E-state index in [1.165, 1.54) is 0 Å². The Morgan fingerprint density at radius 1 is 1.37 bits per heavy atom. The van der Waals surface area contributed by atoms with E-state index in [0.717, 1.165) is 11.4 Å². The number of ether oxygens (including phenoxy) is 1. The van der Waals surface area contributed by atoms with Crippen LogP contribution in [-0.4, -0.2) is 32.2 Å². The van der Waals surface area contributed by atoms with Crippen molar-refractivity contribution in [2.24, 2.45) is 0 Å². The molecule has 0 unspecified atom stereocenters. The molecule has 0 bridgehead atoms. The molecule has 0 saturated carbocycles. The number of aryl methyl sites for hydroxylation is 2. The van der Waals surface area contributed by atoms with Crippen molar-refractivity contribution in [2.75, 3.05) is 6.61 Å². The van der Waals surface area contributed by atoms with Crippen LogP contribution < -0.4 is 0 Å². The molecule has 0 atom stereocenters. The molecule has 2 aromatic rings. The van der Waals surface area contributed by atoms with Gasteiger partial charge in [0.2, 0.25) is 0 Å². The lowest BCUT2D eigenvalue weighted by Crippen LogP contribution is -2.33. The van der Waals surface area contributed by atoms with Gasteiger partial charge in [-0.2, -0.15) is 0 Å². The van der Waals surface area contributed by atoms with Gasteiger partial charge in [-0.15, -0.1) is 10.2 Å². The Hall–Kier alpha value is -1.98. The summed E-state index contributed by atoms with van der Waals surface area (Å²) in [6, 6.07) is 1.93. The molecule has 2 heterocycles. The van der Waals surface area contributed by atoms with E-state index in [0.29, 0.717) is 18.2 Å². The second kappa shape index (κ2) is 4.60. The van der Waals surface area contributed by atoms with Gasteiger partial charge in [0, 0.05) is 11.4 Å². The minimum atomic E-state index is -0.864. The van der Waals surface area contributed by atoms with Gasteiger partial charge in [0.15, 0.2) is 5.82 Å².